The molecule has 2 aromatic rings. The van der Waals surface area contributed by atoms with Crippen LogP contribution in [0.5, 0.6) is 0 Å². The van der Waals surface area contributed by atoms with Crippen molar-refractivity contribution in [1.82, 2.24) is 19.3 Å². The second-order valence-electron chi connectivity index (χ2n) is 4.18. The summed E-state index contributed by atoms with van der Waals surface area (Å²) in [6, 6.07) is 0. The molecule has 0 amide bonds. The van der Waals surface area contributed by atoms with Crippen LogP contribution in [0.15, 0.2) is 23.2 Å². The summed E-state index contributed by atoms with van der Waals surface area (Å²) in [5.41, 5.74) is 6.42. The fourth-order valence-electron chi connectivity index (χ4n) is 1.84. The molecule has 102 valence electrons. The number of nitrogens with two attached hydrogens (primary N) is 1. The lowest BCUT2D eigenvalue weighted by Crippen LogP contribution is -2.12. The van der Waals surface area contributed by atoms with Gasteiger partial charge in [-0.25, -0.2) is 4.98 Å². The van der Waals surface area contributed by atoms with Crippen LogP contribution >= 0.6 is 15.9 Å². The normalized spacial score (nSPS) is 10.9. The van der Waals surface area contributed by atoms with E-state index < -0.39 is 0 Å². The van der Waals surface area contributed by atoms with Gasteiger partial charge in [0.25, 0.3) is 0 Å². The molecule has 0 saturated carbocycles. The molecule has 0 unspecified atom stereocenters. The predicted molar refractivity (Wildman–Crippen MR) is 74.9 cm³/mol. The first-order valence-corrected chi connectivity index (χ1v) is 6.94. The number of hydrogen-bond donors (Lipinski definition) is 1. The Morgan fingerprint density at radius 1 is 1.47 bits per heavy atom. The second kappa shape index (κ2) is 6.12. The molecular formula is C12H16BrN5O. The minimum absolute atomic E-state index is 0.131. The van der Waals surface area contributed by atoms with Crippen molar-refractivity contribution in [2.45, 2.75) is 26.4 Å². The Bertz CT molecular complexity index is 574. The van der Waals surface area contributed by atoms with Gasteiger partial charge in [0.15, 0.2) is 0 Å². The van der Waals surface area contributed by atoms with E-state index in [-0.39, 0.29) is 5.78 Å². The van der Waals surface area contributed by atoms with Gasteiger partial charge < -0.3 is 10.3 Å². The summed E-state index contributed by atoms with van der Waals surface area (Å²) in [5, 5.41) is 4.19. The van der Waals surface area contributed by atoms with Crippen molar-refractivity contribution in [3.05, 3.63) is 34.6 Å². The lowest BCUT2D eigenvalue weighted by molar-refractivity contribution is 0.102. The Kier molecular flexibility index (Phi) is 4.49. The molecule has 0 bridgehead atoms. The van der Waals surface area contributed by atoms with Crippen LogP contribution in [-0.4, -0.2) is 31.7 Å². The molecule has 7 heteroatoms. The number of ketones is 1. The molecule has 2 N–H and O–H groups in total. The lowest BCUT2D eigenvalue weighted by atomic mass is 10.2. The van der Waals surface area contributed by atoms with Gasteiger partial charge in [-0.15, -0.1) is 0 Å². The number of carbonyl (C=O) groups is 1. The molecule has 0 saturated heterocycles. The number of halogens is 1. The third-order valence-electron chi connectivity index (χ3n) is 2.70. The average Bonchev–Trinajstić information content (AvgIpc) is 2.98. The zero-order chi connectivity index (χ0) is 13.8. The Morgan fingerprint density at radius 3 is 2.95 bits per heavy atom. The molecular weight excluding hydrogens is 310 g/mol. The van der Waals surface area contributed by atoms with Crippen molar-refractivity contribution >= 4 is 21.7 Å². The molecule has 0 radical (unpaired) electrons. The number of imidazole rings is 1. The summed E-state index contributed by atoms with van der Waals surface area (Å²) < 4.78 is 4.20. The lowest BCUT2D eigenvalue weighted by Gasteiger charge is -2.04. The van der Waals surface area contributed by atoms with Crippen LogP contribution in [-0.2, 0) is 13.1 Å². The number of rotatable bonds is 6. The maximum atomic E-state index is 12.4. The van der Waals surface area contributed by atoms with Gasteiger partial charge in [-0.2, -0.15) is 5.10 Å². The smallest absolute Gasteiger partial charge is 0.232 e. The maximum absolute atomic E-state index is 12.4. The number of aromatic nitrogens is 4. The first-order valence-electron chi connectivity index (χ1n) is 6.15. The summed E-state index contributed by atoms with van der Waals surface area (Å²) >= 11 is 3.36. The van der Waals surface area contributed by atoms with Crippen LogP contribution in [0, 0.1) is 0 Å². The van der Waals surface area contributed by atoms with Crippen molar-refractivity contribution in [1.29, 1.82) is 0 Å². The monoisotopic (exact) mass is 325 g/mol. The SMILES string of the molecule is CCCn1ncc(Br)c1C(=O)c1cn(CCN)cn1. The van der Waals surface area contributed by atoms with E-state index in [2.05, 4.69) is 26.0 Å². The van der Waals surface area contributed by atoms with Crippen LogP contribution in [0.3, 0.4) is 0 Å². The van der Waals surface area contributed by atoms with E-state index in [4.69, 9.17) is 5.73 Å². The molecule has 0 aromatic carbocycles. The highest BCUT2D eigenvalue weighted by molar-refractivity contribution is 9.10. The highest BCUT2D eigenvalue weighted by Crippen LogP contribution is 2.19. The third kappa shape index (κ3) is 2.93. The maximum Gasteiger partial charge on any atom is 0.232 e. The zero-order valence-electron chi connectivity index (χ0n) is 10.7. The number of carbonyl (C=O) groups excluding carboxylic acids is 1. The third-order valence-corrected chi connectivity index (χ3v) is 3.28. The fourth-order valence-corrected chi connectivity index (χ4v) is 2.32. The molecule has 0 aliphatic heterocycles. The largest absolute Gasteiger partial charge is 0.335 e. The van der Waals surface area contributed by atoms with Gasteiger partial charge >= 0.3 is 0 Å². The van der Waals surface area contributed by atoms with E-state index in [0.717, 1.165) is 6.42 Å². The van der Waals surface area contributed by atoms with Crippen LogP contribution in [0.2, 0.25) is 0 Å². The zero-order valence-corrected chi connectivity index (χ0v) is 12.3. The number of nitrogens with zero attached hydrogens (tertiary/aromatic N) is 4. The average molecular weight is 326 g/mol. The van der Waals surface area contributed by atoms with Gasteiger partial charge in [0.2, 0.25) is 5.78 Å². The molecule has 0 fully saturated rings. The van der Waals surface area contributed by atoms with Gasteiger partial charge in [0.1, 0.15) is 11.4 Å². The molecule has 0 spiro atoms. The van der Waals surface area contributed by atoms with Crippen LogP contribution in [0.1, 0.15) is 29.5 Å². The van der Waals surface area contributed by atoms with E-state index in [1.165, 1.54) is 0 Å². The van der Waals surface area contributed by atoms with Crippen molar-refractivity contribution in [2.24, 2.45) is 5.73 Å². The molecule has 2 aromatic heterocycles. The minimum Gasteiger partial charge on any atom is -0.335 e. The Balaban J connectivity index is 2.29. The molecule has 19 heavy (non-hydrogen) atoms. The first kappa shape index (κ1) is 14.0. The summed E-state index contributed by atoms with van der Waals surface area (Å²) in [5.74, 6) is -0.131. The van der Waals surface area contributed by atoms with Gasteiger partial charge in [-0.3, -0.25) is 9.48 Å². The van der Waals surface area contributed by atoms with E-state index >= 15 is 0 Å². The predicted octanol–water partition coefficient (Wildman–Crippen LogP) is 1.44. The number of hydrogen-bond acceptors (Lipinski definition) is 4. The highest BCUT2D eigenvalue weighted by Gasteiger charge is 2.20. The van der Waals surface area contributed by atoms with E-state index in [0.29, 0.717) is 35.5 Å². The quantitative estimate of drug-likeness (QED) is 0.815. The summed E-state index contributed by atoms with van der Waals surface area (Å²) in [6.07, 6.45) is 5.88. The molecule has 0 atom stereocenters. The Hall–Kier alpha value is -1.47. The van der Waals surface area contributed by atoms with E-state index in [1.54, 1.807) is 23.4 Å². The molecule has 0 aliphatic carbocycles. The molecule has 2 rings (SSSR count). The first-order chi connectivity index (χ1) is 9.17. The van der Waals surface area contributed by atoms with Crippen LogP contribution in [0.4, 0.5) is 0 Å². The topological polar surface area (TPSA) is 78.7 Å². The van der Waals surface area contributed by atoms with Gasteiger partial charge in [-0.05, 0) is 22.4 Å². The summed E-state index contributed by atoms with van der Waals surface area (Å²) in [7, 11) is 0. The summed E-state index contributed by atoms with van der Waals surface area (Å²) in [6.45, 7) is 3.91. The molecule has 6 nitrogen and oxygen atoms in total. The Morgan fingerprint density at radius 2 is 2.26 bits per heavy atom. The van der Waals surface area contributed by atoms with Crippen molar-refractivity contribution in [3.63, 3.8) is 0 Å². The van der Waals surface area contributed by atoms with Gasteiger partial charge in [0.05, 0.1) is 17.0 Å². The number of aryl methyl sites for hydroxylation is 1. The summed E-state index contributed by atoms with van der Waals surface area (Å²) in [4.78, 5) is 16.6. The molecule has 0 aliphatic rings. The van der Waals surface area contributed by atoms with Crippen molar-refractivity contribution < 1.29 is 4.79 Å². The second-order valence-corrected chi connectivity index (χ2v) is 5.03. The van der Waals surface area contributed by atoms with Gasteiger partial charge in [-0.1, -0.05) is 6.92 Å². The fraction of sp³-hybridized carbons (Fsp3) is 0.417. The van der Waals surface area contributed by atoms with E-state index in [9.17, 15) is 4.79 Å². The van der Waals surface area contributed by atoms with Crippen LogP contribution in [0.25, 0.3) is 0 Å². The van der Waals surface area contributed by atoms with E-state index in [1.807, 2.05) is 11.5 Å². The highest BCUT2D eigenvalue weighted by atomic mass is 79.9. The standard InChI is InChI=1S/C12H16BrN5O/c1-2-4-18-11(9(13)6-16-18)12(19)10-7-17(5-3-14)8-15-10/h6-8H,2-5,14H2,1H3. The van der Waals surface area contributed by atoms with Gasteiger partial charge in [0, 0.05) is 25.8 Å². The van der Waals surface area contributed by atoms with Crippen molar-refractivity contribution in [3.8, 4) is 0 Å². The minimum atomic E-state index is -0.131. The van der Waals surface area contributed by atoms with Crippen molar-refractivity contribution in [2.75, 3.05) is 6.54 Å². The van der Waals surface area contributed by atoms with Crippen LogP contribution < -0.4 is 5.73 Å². The molecule has 2 heterocycles. The Labute approximate surface area is 119 Å².